The van der Waals surface area contributed by atoms with E-state index in [9.17, 15) is 24.0 Å². The maximum absolute atomic E-state index is 14.9. The van der Waals surface area contributed by atoms with Crippen molar-refractivity contribution in [2.75, 3.05) is 19.8 Å². The SMILES string of the molecule is CCCC(NC(=O)[C@@H]1[C@H]2CCC[C@H]2CN1C(=O)[C@@H](NC(=O)[C@@H](NC(=O)c1cnccn1)C1CCCCC1)C(C)(C)C)C(OCC)(OCC)C(=O)NC1CC1. The van der Waals surface area contributed by atoms with Crippen molar-refractivity contribution < 1.29 is 33.4 Å². The van der Waals surface area contributed by atoms with Crippen LogP contribution in [0.1, 0.15) is 129 Å². The lowest BCUT2D eigenvalue weighted by Gasteiger charge is -2.41. The van der Waals surface area contributed by atoms with Crippen LogP contribution in [0.25, 0.3) is 0 Å². The molecule has 14 nitrogen and oxygen atoms in total. The van der Waals surface area contributed by atoms with E-state index in [1.807, 2.05) is 27.7 Å². The van der Waals surface area contributed by atoms with Crippen LogP contribution in [0.2, 0.25) is 0 Å². The minimum atomic E-state index is -1.73. The molecule has 3 saturated carbocycles. The molecule has 1 aromatic heterocycles. The maximum Gasteiger partial charge on any atom is 0.282 e. The van der Waals surface area contributed by atoms with Crippen LogP contribution in [-0.2, 0) is 28.7 Å². The topological polar surface area (TPSA) is 181 Å². The zero-order valence-corrected chi connectivity index (χ0v) is 33.2. The third-order valence-electron chi connectivity index (χ3n) is 11.6. The average molecular weight is 754 g/mol. The average Bonchev–Trinajstić information content (AvgIpc) is 3.72. The van der Waals surface area contributed by atoms with Crippen molar-refractivity contribution in [1.29, 1.82) is 0 Å². The predicted octanol–water partition coefficient (Wildman–Crippen LogP) is 3.65. The highest BCUT2D eigenvalue weighted by Crippen LogP contribution is 2.43. The summed E-state index contributed by atoms with van der Waals surface area (Å²) in [4.78, 5) is 80.8. The summed E-state index contributed by atoms with van der Waals surface area (Å²) in [6.07, 6.45) is 14.2. The Labute approximate surface area is 320 Å². The number of amides is 5. The van der Waals surface area contributed by atoms with Crippen molar-refractivity contribution in [3.8, 4) is 0 Å². The zero-order chi connectivity index (χ0) is 39.0. The smallest absolute Gasteiger partial charge is 0.282 e. The number of carbonyl (C=O) groups excluding carboxylic acids is 5. The Balaban J connectivity index is 1.41. The van der Waals surface area contributed by atoms with Gasteiger partial charge in [-0.2, -0.15) is 0 Å². The number of fused-ring (bicyclic) bond motifs is 1. The van der Waals surface area contributed by atoms with E-state index in [-0.39, 0.29) is 54.5 Å². The van der Waals surface area contributed by atoms with Gasteiger partial charge in [0, 0.05) is 38.2 Å². The first-order valence-corrected chi connectivity index (χ1v) is 20.4. The quantitative estimate of drug-likeness (QED) is 0.173. The molecule has 1 saturated heterocycles. The Morgan fingerprint density at radius 1 is 0.870 bits per heavy atom. The summed E-state index contributed by atoms with van der Waals surface area (Å²) in [5, 5.41) is 12.2. The van der Waals surface area contributed by atoms with Gasteiger partial charge in [0.05, 0.1) is 12.2 Å². The third kappa shape index (κ3) is 9.58. The largest absolute Gasteiger partial charge is 0.349 e. The van der Waals surface area contributed by atoms with Crippen LogP contribution in [0.4, 0.5) is 0 Å². The Hall–Kier alpha value is -3.65. The zero-order valence-electron chi connectivity index (χ0n) is 33.2. The lowest BCUT2D eigenvalue weighted by molar-refractivity contribution is -0.241. The molecule has 300 valence electrons. The first kappa shape index (κ1) is 41.5. The molecule has 5 amide bonds. The van der Waals surface area contributed by atoms with Gasteiger partial charge in [-0.25, -0.2) is 4.98 Å². The molecule has 0 radical (unpaired) electrons. The van der Waals surface area contributed by atoms with Gasteiger partial charge in [0.15, 0.2) is 0 Å². The lowest BCUT2D eigenvalue weighted by Crippen LogP contribution is -2.66. The minimum absolute atomic E-state index is 0.0561. The van der Waals surface area contributed by atoms with Crippen LogP contribution in [-0.4, -0.2) is 100 Å². The molecule has 1 aromatic rings. The second-order valence-electron chi connectivity index (χ2n) is 16.7. The standard InChI is InChI=1S/C40H63N7O7/c1-7-14-30(40(53-8-2,54-9-3)38(52)43-27-19-20-27)44-36(50)32-28-18-13-17-26(28)24-47(32)37(51)33(39(4,5)6)46-35(49)31(25-15-11-10-12-16-25)45-34(48)29-23-41-21-22-42-29/h21-23,25-28,30-33H,7-20,24H2,1-6H3,(H,43,52)(H,44,50)(H,45,48)(H,46,49)/t26-,28-,30?,31-,32-,33+/m0/s1. The number of likely N-dealkylation sites (tertiary alicyclic amines) is 1. The molecule has 0 bridgehead atoms. The maximum atomic E-state index is 14.9. The summed E-state index contributed by atoms with van der Waals surface area (Å²) in [6.45, 7) is 12.0. The van der Waals surface area contributed by atoms with Crippen molar-refractivity contribution in [2.45, 2.75) is 155 Å². The fourth-order valence-corrected chi connectivity index (χ4v) is 8.79. The highest BCUT2D eigenvalue weighted by Gasteiger charge is 2.55. The molecule has 0 aromatic carbocycles. The van der Waals surface area contributed by atoms with E-state index in [2.05, 4.69) is 31.2 Å². The number of ether oxygens (including phenoxy) is 2. The van der Waals surface area contributed by atoms with Gasteiger partial charge >= 0.3 is 0 Å². The Morgan fingerprint density at radius 3 is 2.17 bits per heavy atom. The van der Waals surface area contributed by atoms with Gasteiger partial charge in [-0.05, 0) is 82.0 Å². The number of nitrogens with zero attached hydrogens (tertiary/aromatic N) is 3. The summed E-state index contributed by atoms with van der Waals surface area (Å²) in [6, 6.07) is -3.42. The monoisotopic (exact) mass is 753 g/mol. The van der Waals surface area contributed by atoms with Crippen molar-refractivity contribution in [2.24, 2.45) is 23.2 Å². The van der Waals surface area contributed by atoms with Gasteiger partial charge in [0.1, 0.15) is 23.8 Å². The van der Waals surface area contributed by atoms with Crippen LogP contribution in [0.3, 0.4) is 0 Å². The molecule has 1 aliphatic heterocycles. The Morgan fingerprint density at radius 2 is 1.57 bits per heavy atom. The molecule has 0 spiro atoms. The number of hydrogen-bond donors (Lipinski definition) is 4. The minimum Gasteiger partial charge on any atom is -0.349 e. The number of hydrogen-bond acceptors (Lipinski definition) is 9. The van der Waals surface area contributed by atoms with E-state index in [1.54, 1.807) is 18.7 Å². The summed E-state index contributed by atoms with van der Waals surface area (Å²) in [7, 11) is 0. The van der Waals surface area contributed by atoms with Gasteiger partial charge in [0.2, 0.25) is 17.7 Å². The van der Waals surface area contributed by atoms with E-state index >= 15 is 0 Å². The summed E-state index contributed by atoms with van der Waals surface area (Å²) >= 11 is 0. The van der Waals surface area contributed by atoms with E-state index in [4.69, 9.17) is 9.47 Å². The Kier molecular flexibility index (Phi) is 14.1. The number of carbonyl (C=O) groups is 5. The molecule has 2 heterocycles. The first-order valence-electron chi connectivity index (χ1n) is 20.4. The van der Waals surface area contributed by atoms with Gasteiger partial charge in [-0.15, -0.1) is 0 Å². The van der Waals surface area contributed by atoms with Crippen LogP contribution in [0.5, 0.6) is 0 Å². The second kappa shape index (κ2) is 18.3. The Bertz CT molecular complexity index is 1450. The molecular weight excluding hydrogens is 690 g/mol. The summed E-state index contributed by atoms with van der Waals surface area (Å²) in [5.74, 6) is -3.80. The lowest BCUT2D eigenvalue weighted by atomic mass is 9.82. The molecule has 4 fully saturated rings. The molecule has 1 unspecified atom stereocenters. The predicted molar refractivity (Wildman–Crippen MR) is 202 cm³/mol. The van der Waals surface area contributed by atoms with Gasteiger partial charge < -0.3 is 35.6 Å². The van der Waals surface area contributed by atoms with Crippen LogP contribution in [0, 0.1) is 23.2 Å². The fraction of sp³-hybridized carbons (Fsp3) is 0.775. The number of aromatic nitrogens is 2. The molecule has 4 N–H and O–H groups in total. The van der Waals surface area contributed by atoms with E-state index in [0.717, 1.165) is 64.2 Å². The van der Waals surface area contributed by atoms with E-state index in [1.165, 1.54) is 18.6 Å². The fourth-order valence-electron chi connectivity index (χ4n) is 8.79. The number of nitrogens with one attached hydrogen (secondary N) is 4. The van der Waals surface area contributed by atoms with Crippen molar-refractivity contribution >= 4 is 29.5 Å². The highest BCUT2D eigenvalue weighted by atomic mass is 16.7. The molecule has 6 atom stereocenters. The molecule has 3 aliphatic carbocycles. The molecule has 4 aliphatic rings. The third-order valence-corrected chi connectivity index (χ3v) is 11.6. The summed E-state index contributed by atoms with van der Waals surface area (Å²) in [5.41, 5.74) is -0.626. The van der Waals surface area contributed by atoms with Crippen LogP contribution < -0.4 is 21.3 Å². The molecule has 54 heavy (non-hydrogen) atoms. The van der Waals surface area contributed by atoms with E-state index < -0.39 is 53.1 Å². The van der Waals surface area contributed by atoms with Gasteiger partial charge in [-0.3, -0.25) is 29.0 Å². The second-order valence-corrected chi connectivity index (χ2v) is 16.7. The normalized spacial score (nSPS) is 23.5. The summed E-state index contributed by atoms with van der Waals surface area (Å²) < 4.78 is 12.3. The van der Waals surface area contributed by atoms with Gasteiger partial charge in [0.25, 0.3) is 17.6 Å². The van der Waals surface area contributed by atoms with Crippen LogP contribution >= 0.6 is 0 Å². The molecule has 5 rings (SSSR count). The van der Waals surface area contributed by atoms with Crippen molar-refractivity contribution in [1.82, 2.24) is 36.1 Å². The molecule has 14 heteroatoms. The van der Waals surface area contributed by atoms with Crippen molar-refractivity contribution in [3.05, 3.63) is 24.3 Å². The number of rotatable bonds is 17. The van der Waals surface area contributed by atoms with E-state index in [0.29, 0.717) is 19.4 Å². The first-order chi connectivity index (χ1) is 25.8. The van der Waals surface area contributed by atoms with Crippen molar-refractivity contribution in [3.63, 3.8) is 0 Å². The molecular formula is C40H63N7O7. The van der Waals surface area contributed by atoms with Gasteiger partial charge in [-0.1, -0.05) is 59.8 Å². The highest BCUT2D eigenvalue weighted by molar-refractivity contribution is 5.98. The van der Waals surface area contributed by atoms with Crippen LogP contribution in [0.15, 0.2) is 18.6 Å².